The number of ether oxygens (including phenoxy) is 3. The van der Waals surface area contributed by atoms with Crippen molar-refractivity contribution in [2.75, 3.05) is 25.0 Å². The predicted octanol–water partition coefficient (Wildman–Crippen LogP) is 3.63. The standard InChI is InChI=1S/C40H51N7O13/c1-24(2)34(45-31(48)10-8-7-9-21-46-32(49)17-18-33(46)50)37(53)43-25(3)35(51)44-27-12-11-26(23-58-39(55)59-29-15-13-28(14-16-29)47(56)57)30(22-27)36(52)41-19-20-42-38(54)60-40(4,5)6/h11-18,22,24-25,34H,7-10,19-21,23H2,1-6H3,(H,41,52)(H,42,54)(H,43,53)(H,44,51)(H,45,48)/t25-,34-/m0/s1. The molecule has 0 saturated heterocycles. The molecule has 0 spiro atoms. The van der Waals surface area contributed by atoms with E-state index in [1.54, 1.807) is 34.6 Å². The topological polar surface area (TPSA) is 271 Å². The Kier molecular flexibility index (Phi) is 17.7. The van der Waals surface area contributed by atoms with Crippen molar-refractivity contribution in [3.05, 3.63) is 75.9 Å². The minimum atomic E-state index is -1.17. The largest absolute Gasteiger partial charge is 0.514 e. The van der Waals surface area contributed by atoms with Crippen molar-refractivity contribution >= 4 is 59.1 Å². The Hall–Kier alpha value is -6.86. The molecule has 0 bridgehead atoms. The van der Waals surface area contributed by atoms with Gasteiger partial charge in [0.2, 0.25) is 17.7 Å². The van der Waals surface area contributed by atoms with Crippen LogP contribution < -0.4 is 31.3 Å². The predicted molar refractivity (Wildman–Crippen MR) is 214 cm³/mol. The zero-order valence-electron chi connectivity index (χ0n) is 34.3. The maximum atomic E-state index is 13.4. The van der Waals surface area contributed by atoms with Crippen LogP contribution in [0.25, 0.3) is 0 Å². The number of rotatable bonds is 20. The van der Waals surface area contributed by atoms with Crippen molar-refractivity contribution in [1.29, 1.82) is 0 Å². The lowest BCUT2D eigenvalue weighted by atomic mass is 10.0. The molecule has 0 aromatic heterocycles. The number of carbonyl (C=O) groups excluding carboxylic acids is 8. The maximum Gasteiger partial charge on any atom is 0.514 e. The van der Waals surface area contributed by atoms with E-state index in [0.29, 0.717) is 19.3 Å². The van der Waals surface area contributed by atoms with Crippen LogP contribution in [-0.2, 0) is 40.1 Å². The third-order valence-corrected chi connectivity index (χ3v) is 8.50. The van der Waals surface area contributed by atoms with Crippen LogP contribution in [-0.4, -0.2) is 94.8 Å². The van der Waals surface area contributed by atoms with Crippen LogP contribution in [0.5, 0.6) is 5.75 Å². The molecule has 2 atom stereocenters. The average Bonchev–Trinajstić information content (AvgIpc) is 3.49. The first-order chi connectivity index (χ1) is 28.2. The number of amides is 7. The Balaban J connectivity index is 1.61. The second-order valence-corrected chi connectivity index (χ2v) is 14.9. The Morgan fingerprint density at radius 3 is 2.10 bits per heavy atom. The Bertz CT molecular complexity index is 1940. The fourth-order valence-corrected chi connectivity index (χ4v) is 5.42. The van der Waals surface area contributed by atoms with Gasteiger partial charge in [0.1, 0.15) is 30.0 Å². The molecule has 1 aliphatic heterocycles. The summed E-state index contributed by atoms with van der Waals surface area (Å²) in [4.78, 5) is 112. The zero-order valence-corrected chi connectivity index (χ0v) is 34.3. The first-order valence-corrected chi connectivity index (χ1v) is 19.1. The van der Waals surface area contributed by atoms with E-state index in [1.807, 2.05) is 0 Å². The number of anilines is 1. The number of hydrogen-bond donors (Lipinski definition) is 5. The minimum Gasteiger partial charge on any atom is -0.444 e. The number of benzene rings is 2. The number of nitro benzene ring substituents is 1. The summed E-state index contributed by atoms with van der Waals surface area (Å²) in [5, 5.41) is 24.0. The van der Waals surface area contributed by atoms with E-state index in [-0.39, 0.29) is 77.9 Å². The summed E-state index contributed by atoms with van der Waals surface area (Å²) in [6, 6.07) is 6.79. The lowest BCUT2D eigenvalue weighted by Crippen LogP contribution is -2.53. The van der Waals surface area contributed by atoms with Gasteiger partial charge in [-0.05, 0) is 70.7 Å². The van der Waals surface area contributed by atoms with Crippen molar-refractivity contribution < 1.29 is 57.5 Å². The SMILES string of the molecule is CC(C)[C@H](NC(=O)CCCCCN1C(=O)C=CC1=O)C(=O)N[C@@H](C)C(=O)Nc1ccc(COC(=O)Oc2ccc([N+](=O)[O-])cc2)c(C(=O)NCCNC(=O)OC(C)(C)C)c1. The highest BCUT2D eigenvalue weighted by molar-refractivity contribution is 6.12. The van der Waals surface area contributed by atoms with E-state index < -0.39 is 59.2 Å². The molecule has 324 valence electrons. The molecule has 0 aliphatic carbocycles. The summed E-state index contributed by atoms with van der Waals surface area (Å²) < 4.78 is 15.4. The summed E-state index contributed by atoms with van der Waals surface area (Å²) in [6.07, 6.45) is 2.21. The van der Waals surface area contributed by atoms with Gasteiger partial charge >= 0.3 is 12.2 Å². The zero-order chi connectivity index (χ0) is 44.6. The highest BCUT2D eigenvalue weighted by atomic mass is 16.7. The second-order valence-electron chi connectivity index (χ2n) is 14.9. The van der Waals surface area contributed by atoms with Gasteiger partial charge in [-0.15, -0.1) is 0 Å². The van der Waals surface area contributed by atoms with Crippen molar-refractivity contribution in [2.24, 2.45) is 5.92 Å². The van der Waals surface area contributed by atoms with Gasteiger partial charge in [-0.1, -0.05) is 26.3 Å². The van der Waals surface area contributed by atoms with Crippen LogP contribution in [0.1, 0.15) is 83.1 Å². The summed E-state index contributed by atoms with van der Waals surface area (Å²) in [6.45, 7) is 9.73. The van der Waals surface area contributed by atoms with E-state index >= 15 is 0 Å². The van der Waals surface area contributed by atoms with Gasteiger partial charge in [0.05, 0.1) is 4.92 Å². The van der Waals surface area contributed by atoms with Crippen molar-refractivity contribution in [2.45, 2.75) is 91.5 Å². The molecular weight excluding hydrogens is 786 g/mol. The van der Waals surface area contributed by atoms with Crippen molar-refractivity contribution in [3.63, 3.8) is 0 Å². The molecule has 0 fully saturated rings. The summed E-state index contributed by atoms with van der Waals surface area (Å²) in [5.74, 6) is -3.42. The third-order valence-electron chi connectivity index (χ3n) is 8.50. The molecule has 0 radical (unpaired) electrons. The number of hydrogen-bond acceptors (Lipinski definition) is 13. The average molecular weight is 838 g/mol. The molecule has 5 N–H and O–H groups in total. The highest BCUT2D eigenvalue weighted by Crippen LogP contribution is 2.21. The molecule has 20 heteroatoms. The molecule has 1 aliphatic rings. The van der Waals surface area contributed by atoms with E-state index in [1.165, 1.54) is 49.4 Å². The number of nitrogens with zero attached hydrogens (tertiary/aromatic N) is 2. The van der Waals surface area contributed by atoms with Crippen molar-refractivity contribution in [1.82, 2.24) is 26.2 Å². The number of alkyl carbamates (subject to hydrolysis) is 1. The lowest BCUT2D eigenvalue weighted by molar-refractivity contribution is -0.384. The van der Waals surface area contributed by atoms with Gasteiger partial charge in [0, 0.05) is 67.2 Å². The molecule has 7 amide bonds. The van der Waals surface area contributed by atoms with Gasteiger partial charge in [-0.2, -0.15) is 0 Å². The Labute approximate surface area is 346 Å². The van der Waals surface area contributed by atoms with Gasteiger partial charge in [-0.3, -0.25) is 43.8 Å². The number of unbranched alkanes of at least 4 members (excludes halogenated alkanes) is 2. The fraction of sp³-hybridized carbons (Fsp3) is 0.450. The summed E-state index contributed by atoms with van der Waals surface area (Å²) in [7, 11) is 0. The molecule has 0 unspecified atom stereocenters. The first-order valence-electron chi connectivity index (χ1n) is 19.1. The van der Waals surface area contributed by atoms with Gasteiger partial charge < -0.3 is 40.8 Å². The molecule has 2 aromatic carbocycles. The third kappa shape index (κ3) is 15.8. The Morgan fingerprint density at radius 1 is 0.833 bits per heavy atom. The second kappa shape index (κ2) is 22.3. The van der Waals surface area contributed by atoms with Crippen LogP contribution in [0.3, 0.4) is 0 Å². The fourth-order valence-electron chi connectivity index (χ4n) is 5.42. The van der Waals surface area contributed by atoms with Crippen LogP contribution in [0, 0.1) is 16.0 Å². The normalized spacial score (nSPS) is 13.2. The first kappa shape index (κ1) is 47.5. The van der Waals surface area contributed by atoms with E-state index in [2.05, 4.69) is 26.6 Å². The number of carbonyl (C=O) groups is 8. The van der Waals surface area contributed by atoms with Crippen LogP contribution in [0.4, 0.5) is 21.0 Å². The van der Waals surface area contributed by atoms with Crippen LogP contribution in [0.15, 0.2) is 54.6 Å². The monoisotopic (exact) mass is 837 g/mol. The van der Waals surface area contributed by atoms with E-state index in [9.17, 15) is 48.5 Å². The molecule has 3 rings (SSSR count). The summed E-state index contributed by atoms with van der Waals surface area (Å²) in [5.41, 5.74) is -0.646. The molecule has 60 heavy (non-hydrogen) atoms. The molecule has 1 heterocycles. The summed E-state index contributed by atoms with van der Waals surface area (Å²) >= 11 is 0. The molecular formula is C40H51N7O13. The molecule has 2 aromatic rings. The number of nitro groups is 1. The molecule has 0 saturated carbocycles. The molecule has 20 nitrogen and oxygen atoms in total. The lowest BCUT2D eigenvalue weighted by Gasteiger charge is -2.24. The van der Waals surface area contributed by atoms with E-state index in [4.69, 9.17) is 14.2 Å². The maximum absolute atomic E-state index is 13.4. The van der Waals surface area contributed by atoms with Crippen LogP contribution in [0.2, 0.25) is 0 Å². The number of non-ortho nitro benzene ring substituents is 1. The highest BCUT2D eigenvalue weighted by Gasteiger charge is 2.28. The number of nitrogens with one attached hydrogen (secondary N) is 5. The van der Waals surface area contributed by atoms with Gasteiger partial charge in [-0.25, -0.2) is 9.59 Å². The number of imide groups is 1. The van der Waals surface area contributed by atoms with E-state index in [0.717, 1.165) is 17.0 Å². The smallest absolute Gasteiger partial charge is 0.444 e. The van der Waals surface area contributed by atoms with Crippen LogP contribution >= 0.6 is 0 Å². The van der Waals surface area contributed by atoms with Gasteiger partial charge in [0.15, 0.2) is 0 Å². The quantitative estimate of drug-likeness (QED) is 0.0319. The Morgan fingerprint density at radius 2 is 1.48 bits per heavy atom. The van der Waals surface area contributed by atoms with Gasteiger partial charge in [0.25, 0.3) is 23.4 Å². The minimum absolute atomic E-state index is 0.00279. The van der Waals surface area contributed by atoms with Crippen molar-refractivity contribution in [3.8, 4) is 5.75 Å².